The van der Waals surface area contributed by atoms with Gasteiger partial charge in [-0.3, -0.25) is 4.79 Å². The zero-order chi connectivity index (χ0) is 13.1. The molecule has 1 rings (SSSR count). The molecule has 0 aliphatic carbocycles. The Labute approximate surface area is 107 Å². The summed E-state index contributed by atoms with van der Waals surface area (Å²) in [6.07, 6.45) is 2.37. The molecular weight excluding hydrogens is 238 g/mol. The Morgan fingerprint density at radius 1 is 1.59 bits per heavy atom. The van der Waals surface area contributed by atoms with Crippen LogP contribution in [0.15, 0.2) is 12.3 Å². The highest BCUT2D eigenvalue weighted by molar-refractivity contribution is 6.33. The molecule has 1 amide bonds. The highest BCUT2D eigenvalue weighted by Crippen LogP contribution is 2.19. The number of hydrogen-bond acceptors (Lipinski definition) is 3. The summed E-state index contributed by atoms with van der Waals surface area (Å²) in [5, 5.41) is 3.16. The number of aromatic nitrogens is 1. The Bertz CT molecular complexity index is 418. The van der Waals surface area contributed by atoms with Crippen LogP contribution in [-0.2, 0) is 0 Å². The number of nitrogens with zero attached hydrogens (tertiary/aromatic N) is 1. The van der Waals surface area contributed by atoms with Gasteiger partial charge in [0.1, 0.15) is 5.82 Å². The molecule has 0 saturated heterocycles. The fourth-order valence-corrected chi connectivity index (χ4v) is 1.36. The molecule has 1 aromatic rings. The van der Waals surface area contributed by atoms with Crippen LogP contribution < -0.4 is 11.1 Å². The van der Waals surface area contributed by atoms with Crippen molar-refractivity contribution >= 4 is 23.3 Å². The number of anilines is 1. The van der Waals surface area contributed by atoms with Crippen LogP contribution in [0.5, 0.6) is 0 Å². The Morgan fingerprint density at radius 3 is 2.82 bits per heavy atom. The van der Waals surface area contributed by atoms with E-state index in [0.29, 0.717) is 17.1 Å². The molecule has 0 aliphatic rings. The summed E-state index contributed by atoms with van der Waals surface area (Å²) in [4.78, 5) is 15.7. The van der Waals surface area contributed by atoms with Crippen molar-refractivity contribution < 1.29 is 4.79 Å². The fraction of sp³-hybridized carbons (Fsp3) is 0.500. The van der Waals surface area contributed by atoms with Gasteiger partial charge < -0.3 is 11.1 Å². The maximum atomic E-state index is 11.9. The van der Waals surface area contributed by atoms with E-state index < -0.39 is 0 Å². The predicted octanol–water partition coefficient (Wildman–Crippen LogP) is 2.48. The molecule has 5 heteroatoms. The molecule has 0 saturated carbocycles. The van der Waals surface area contributed by atoms with Crippen molar-refractivity contribution in [3.63, 3.8) is 0 Å². The molecule has 0 bridgehead atoms. The average molecular weight is 256 g/mol. The number of nitrogens with one attached hydrogen (secondary N) is 1. The number of rotatable bonds is 4. The quantitative estimate of drug-likeness (QED) is 0.869. The van der Waals surface area contributed by atoms with E-state index in [1.807, 2.05) is 0 Å². The molecule has 0 aromatic carbocycles. The topological polar surface area (TPSA) is 68.0 Å². The van der Waals surface area contributed by atoms with Gasteiger partial charge in [0.15, 0.2) is 0 Å². The van der Waals surface area contributed by atoms with Crippen LogP contribution in [0.4, 0.5) is 5.82 Å². The number of halogens is 1. The van der Waals surface area contributed by atoms with E-state index in [0.717, 1.165) is 6.42 Å². The fourth-order valence-electron chi connectivity index (χ4n) is 1.17. The molecule has 1 aromatic heterocycles. The van der Waals surface area contributed by atoms with E-state index in [4.69, 9.17) is 17.3 Å². The van der Waals surface area contributed by atoms with Crippen molar-refractivity contribution in [1.29, 1.82) is 0 Å². The van der Waals surface area contributed by atoms with Crippen molar-refractivity contribution in [1.82, 2.24) is 10.3 Å². The number of amides is 1. The minimum Gasteiger partial charge on any atom is -0.384 e. The lowest BCUT2D eigenvalue weighted by Crippen LogP contribution is -2.33. The molecule has 1 heterocycles. The van der Waals surface area contributed by atoms with E-state index in [1.54, 1.807) is 0 Å². The van der Waals surface area contributed by atoms with Crippen molar-refractivity contribution in [2.75, 3.05) is 12.3 Å². The number of nitrogens with two attached hydrogens (primary N) is 1. The Balaban J connectivity index is 2.74. The molecule has 0 spiro atoms. The third-order valence-electron chi connectivity index (χ3n) is 2.81. The lowest BCUT2D eigenvalue weighted by atomic mass is 9.90. The minimum atomic E-state index is -0.217. The third-order valence-corrected chi connectivity index (χ3v) is 3.11. The van der Waals surface area contributed by atoms with Crippen LogP contribution in [0.2, 0.25) is 5.02 Å². The van der Waals surface area contributed by atoms with Gasteiger partial charge in [-0.15, -0.1) is 0 Å². The van der Waals surface area contributed by atoms with E-state index >= 15 is 0 Å². The number of carbonyl (C=O) groups excluding carboxylic acids is 1. The summed E-state index contributed by atoms with van der Waals surface area (Å²) in [5.74, 6) is 0.0694. The standard InChI is InChI=1S/C12H18ClN3O/c1-4-12(2,3)7-16-11(17)8-5-10(14)15-6-9(8)13/h5-6H,4,7H2,1-3H3,(H2,14,15)(H,16,17). The van der Waals surface area contributed by atoms with E-state index in [1.165, 1.54) is 12.3 Å². The van der Waals surface area contributed by atoms with Crippen LogP contribution in [0.3, 0.4) is 0 Å². The first kappa shape index (κ1) is 13.8. The summed E-state index contributed by atoms with van der Waals surface area (Å²) in [6.45, 7) is 6.87. The largest absolute Gasteiger partial charge is 0.384 e. The van der Waals surface area contributed by atoms with Gasteiger partial charge in [0.25, 0.3) is 5.91 Å². The number of hydrogen-bond donors (Lipinski definition) is 2. The lowest BCUT2D eigenvalue weighted by molar-refractivity contribution is 0.0936. The minimum absolute atomic E-state index is 0.0701. The van der Waals surface area contributed by atoms with Crippen LogP contribution >= 0.6 is 11.6 Å². The number of nitrogen functional groups attached to an aromatic ring is 1. The zero-order valence-electron chi connectivity index (χ0n) is 10.4. The first-order chi connectivity index (χ1) is 7.85. The smallest absolute Gasteiger partial charge is 0.253 e. The molecule has 94 valence electrons. The predicted molar refractivity (Wildman–Crippen MR) is 70.1 cm³/mol. The maximum absolute atomic E-state index is 11.9. The molecule has 4 nitrogen and oxygen atoms in total. The molecule has 0 fully saturated rings. The van der Waals surface area contributed by atoms with Gasteiger partial charge in [0.2, 0.25) is 0 Å². The second-order valence-corrected chi connectivity index (χ2v) is 5.20. The molecule has 3 N–H and O–H groups in total. The van der Waals surface area contributed by atoms with Gasteiger partial charge in [-0.25, -0.2) is 4.98 Å². The van der Waals surface area contributed by atoms with Gasteiger partial charge >= 0.3 is 0 Å². The van der Waals surface area contributed by atoms with Crippen LogP contribution in [0.1, 0.15) is 37.6 Å². The molecule has 0 aliphatic heterocycles. The maximum Gasteiger partial charge on any atom is 0.253 e. The van der Waals surface area contributed by atoms with Crippen LogP contribution in [0, 0.1) is 5.41 Å². The highest BCUT2D eigenvalue weighted by atomic mass is 35.5. The zero-order valence-corrected chi connectivity index (χ0v) is 11.1. The molecule has 0 radical (unpaired) electrons. The Hall–Kier alpha value is -1.29. The summed E-state index contributed by atoms with van der Waals surface area (Å²) < 4.78 is 0. The highest BCUT2D eigenvalue weighted by Gasteiger charge is 2.18. The van der Waals surface area contributed by atoms with Crippen molar-refractivity contribution in [3.8, 4) is 0 Å². The molecule has 17 heavy (non-hydrogen) atoms. The summed E-state index contributed by atoms with van der Waals surface area (Å²) in [5.41, 5.74) is 5.96. The van der Waals surface area contributed by atoms with Gasteiger partial charge in [0, 0.05) is 12.7 Å². The summed E-state index contributed by atoms with van der Waals surface area (Å²) in [6, 6.07) is 1.48. The van der Waals surface area contributed by atoms with Gasteiger partial charge in [-0.05, 0) is 17.9 Å². The van der Waals surface area contributed by atoms with Crippen molar-refractivity contribution in [2.24, 2.45) is 5.41 Å². The SMILES string of the molecule is CCC(C)(C)CNC(=O)c1cc(N)ncc1Cl. The second kappa shape index (κ2) is 5.36. The molecular formula is C12H18ClN3O. The Kier molecular flexibility index (Phi) is 4.34. The average Bonchev–Trinajstić information content (AvgIpc) is 2.29. The first-order valence-electron chi connectivity index (χ1n) is 5.55. The monoisotopic (exact) mass is 255 g/mol. The van der Waals surface area contributed by atoms with Crippen LogP contribution in [-0.4, -0.2) is 17.4 Å². The number of pyridine rings is 1. The lowest BCUT2D eigenvalue weighted by Gasteiger charge is -2.22. The van der Waals surface area contributed by atoms with Crippen molar-refractivity contribution in [3.05, 3.63) is 22.8 Å². The van der Waals surface area contributed by atoms with E-state index in [2.05, 4.69) is 31.1 Å². The molecule has 0 unspecified atom stereocenters. The Morgan fingerprint density at radius 2 is 2.24 bits per heavy atom. The van der Waals surface area contributed by atoms with Gasteiger partial charge in [-0.1, -0.05) is 32.4 Å². The molecule has 0 atom stereocenters. The van der Waals surface area contributed by atoms with E-state index in [-0.39, 0.29) is 17.1 Å². The van der Waals surface area contributed by atoms with Gasteiger partial charge in [-0.2, -0.15) is 0 Å². The summed E-state index contributed by atoms with van der Waals surface area (Å²) >= 11 is 5.90. The normalized spacial score (nSPS) is 11.3. The van der Waals surface area contributed by atoms with Gasteiger partial charge in [0.05, 0.1) is 10.6 Å². The van der Waals surface area contributed by atoms with E-state index in [9.17, 15) is 4.79 Å². The van der Waals surface area contributed by atoms with Crippen molar-refractivity contribution in [2.45, 2.75) is 27.2 Å². The third kappa shape index (κ3) is 3.89. The summed E-state index contributed by atoms with van der Waals surface area (Å²) in [7, 11) is 0. The number of carbonyl (C=O) groups is 1. The first-order valence-corrected chi connectivity index (χ1v) is 5.93. The van der Waals surface area contributed by atoms with Crippen LogP contribution in [0.25, 0.3) is 0 Å². The second-order valence-electron chi connectivity index (χ2n) is 4.79.